The molecular weight excluding hydrogens is 504 g/mol. The molecule has 4 aliphatic rings. The van der Waals surface area contributed by atoms with E-state index in [1.807, 2.05) is 20.8 Å². The van der Waals surface area contributed by atoms with Gasteiger partial charge in [0.1, 0.15) is 11.9 Å². The number of hydrogen-bond acceptors (Lipinski definition) is 9. The van der Waals surface area contributed by atoms with Crippen molar-refractivity contribution in [1.82, 2.24) is 0 Å². The molecule has 8 atom stereocenters. The number of cyclic esters (lactones) is 1. The van der Waals surface area contributed by atoms with Crippen LogP contribution in [0.15, 0.2) is 34.2 Å². The molecule has 0 amide bonds. The van der Waals surface area contributed by atoms with E-state index in [0.29, 0.717) is 19.3 Å². The number of hydrogen-bond donors (Lipinski definition) is 1. The number of ether oxygens (including phenoxy) is 3. The van der Waals surface area contributed by atoms with Crippen molar-refractivity contribution < 1.29 is 42.9 Å². The second-order valence-electron chi connectivity index (χ2n) is 12.6. The van der Waals surface area contributed by atoms with Crippen LogP contribution < -0.4 is 0 Å². The third-order valence-corrected chi connectivity index (χ3v) is 10.4. The molecule has 2 heterocycles. The number of fused-ring (bicyclic) bond motifs is 5. The number of aliphatic hydroxyl groups is 1. The first-order valence-corrected chi connectivity index (χ1v) is 13.7. The van der Waals surface area contributed by atoms with Crippen molar-refractivity contribution in [2.45, 2.75) is 72.5 Å². The number of aliphatic hydroxyl groups excluding tert-OH is 1. The monoisotopic (exact) mass is 542 g/mol. The fourth-order valence-corrected chi connectivity index (χ4v) is 8.69. The maximum Gasteiger partial charge on any atom is 0.320 e. The smallest absolute Gasteiger partial charge is 0.320 e. The zero-order chi connectivity index (χ0) is 28.5. The van der Waals surface area contributed by atoms with Gasteiger partial charge in [0.15, 0.2) is 5.92 Å². The van der Waals surface area contributed by atoms with Crippen molar-refractivity contribution in [2.75, 3.05) is 13.7 Å². The third-order valence-electron chi connectivity index (χ3n) is 10.4. The van der Waals surface area contributed by atoms with Crippen LogP contribution in [0.3, 0.4) is 0 Å². The van der Waals surface area contributed by atoms with E-state index in [1.165, 1.54) is 7.11 Å². The molecule has 0 radical (unpaired) electrons. The van der Waals surface area contributed by atoms with Gasteiger partial charge in [-0.2, -0.15) is 0 Å². The molecule has 1 aliphatic heterocycles. The molecule has 1 aromatic heterocycles. The van der Waals surface area contributed by atoms with E-state index < -0.39 is 58.1 Å². The van der Waals surface area contributed by atoms with E-state index in [9.17, 15) is 24.3 Å². The molecule has 3 aliphatic carbocycles. The van der Waals surface area contributed by atoms with Crippen molar-refractivity contribution in [2.24, 2.45) is 39.9 Å². The number of furan rings is 1. The van der Waals surface area contributed by atoms with Crippen LogP contribution in [0.5, 0.6) is 0 Å². The molecule has 5 rings (SSSR count). The maximum absolute atomic E-state index is 14.3. The van der Waals surface area contributed by atoms with E-state index in [4.69, 9.17) is 18.6 Å². The number of ketones is 1. The van der Waals surface area contributed by atoms with Crippen LogP contribution in [0.2, 0.25) is 0 Å². The summed E-state index contributed by atoms with van der Waals surface area (Å²) in [6.07, 6.45) is 3.13. The Morgan fingerprint density at radius 1 is 1.18 bits per heavy atom. The summed E-state index contributed by atoms with van der Waals surface area (Å²) in [5.41, 5.74) is -0.0105. The highest BCUT2D eigenvalue weighted by molar-refractivity contribution is 5.99. The van der Waals surface area contributed by atoms with E-state index in [0.717, 1.165) is 16.7 Å². The van der Waals surface area contributed by atoms with Crippen molar-refractivity contribution in [3.63, 3.8) is 0 Å². The van der Waals surface area contributed by atoms with Crippen molar-refractivity contribution in [3.8, 4) is 0 Å². The van der Waals surface area contributed by atoms with Crippen LogP contribution >= 0.6 is 0 Å². The van der Waals surface area contributed by atoms with Gasteiger partial charge in [-0.3, -0.25) is 19.2 Å². The summed E-state index contributed by atoms with van der Waals surface area (Å²) in [7, 11) is 1.21. The van der Waals surface area contributed by atoms with Crippen LogP contribution in [-0.2, 0) is 33.4 Å². The first kappa shape index (κ1) is 27.6. The van der Waals surface area contributed by atoms with Crippen LogP contribution in [0, 0.1) is 39.9 Å². The number of Topliss-reactive ketones (excluding diaryl/α,β-unsaturated/α-hetero) is 1. The van der Waals surface area contributed by atoms with Crippen LogP contribution in [-0.4, -0.2) is 48.6 Å². The highest BCUT2D eigenvalue weighted by Crippen LogP contribution is 2.68. The van der Waals surface area contributed by atoms with E-state index in [1.54, 1.807) is 25.5 Å². The molecule has 9 nitrogen and oxygen atoms in total. The van der Waals surface area contributed by atoms with Crippen LogP contribution in [0.1, 0.15) is 72.0 Å². The quantitative estimate of drug-likeness (QED) is 0.254. The van der Waals surface area contributed by atoms with Gasteiger partial charge in [-0.05, 0) is 49.2 Å². The molecule has 1 saturated heterocycles. The number of carbonyl (C=O) groups is 4. The van der Waals surface area contributed by atoms with Gasteiger partial charge < -0.3 is 23.7 Å². The number of methoxy groups -OCH3 is 1. The summed E-state index contributed by atoms with van der Waals surface area (Å²) in [5, 5.41) is 11.7. The van der Waals surface area contributed by atoms with Crippen molar-refractivity contribution >= 4 is 23.7 Å². The molecule has 212 valence electrons. The minimum absolute atomic E-state index is 0.0594. The number of rotatable bonds is 5. The molecule has 2 saturated carbocycles. The highest BCUT2D eigenvalue weighted by Gasteiger charge is 2.70. The molecule has 0 unspecified atom stereocenters. The Hall–Kier alpha value is -2.94. The molecule has 2 bridgehead atoms. The Kier molecular flexibility index (Phi) is 6.60. The lowest BCUT2D eigenvalue weighted by Gasteiger charge is -2.64. The predicted octanol–water partition coefficient (Wildman–Crippen LogP) is 3.95. The molecule has 1 N–H and O–H groups in total. The van der Waals surface area contributed by atoms with Gasteiger partial charge in [0.2, 0.25) is 0 Å². The fourth-order valence-electron chi connectivity index (χ4n) is 8.69. The lowest BCUT2D eigenvalue weighted by molar-refractivity contribution is -0.200. The Morgan fingerprint density at radius 2 is 1.90 bits per heavy atom. The van der Waals surface area contributed by atoms with Gasteiger partial charge in [-0.1, -0.05) is 33.3 Å². The average Bonchev–Trinajstić information content (AvgIpc) is 3.42. The zero-order valence-corrected chi connectivity index (χ0v) is 23.4. The summed E-state index contributed by atoms with van der Waals surface area (Å²) in [4.78, 5) is 53.7. The van der Waals surface area contributed by atoms with E-state index in [-0.39, 0.29) is 30.7 Å². The molecule has 1 aromatic rings. The second-order valence-corrected chi connectivity index (χ2v) is 12.6. The number of allylic oxidation sites excluding steroid dienone is 1. The van der Waals surface area contributed by atoms with Crippen molar-refractivity contribution in [1.29, 1.82) is 0 Å². The van der Waals surface area contributed by atoms with Crippen molar-refractivity contribution in [3.05, 3.63) is 35.3 Å². The molecule has 9 heteroatoms. The summed E-state index contributed by atoms with van der Waals surface area (Å²) in [6.45, 7) is 9.25. The van der Waals surface area contributed by atoms with Crippen LogP contribution in [0.25, 0.3) is 0 Å². The Labute approximate surface area is 228 Å². The third kappa shape index (κ3) is 3.75. The van der Waals surface area contributed by atoms with Gasteiger partial charge in [-0.25, -0.2) is 0 Å². The van der Waals surface area contributed by atoms with Gasteiger partial charge in [0, 0.05) is 28.2 Å². The predicted molar refractivity (Wildman–Crippen MR) is 137 cm³/mol. The first-order valence-electron chi connectivity index (χ1n) is 13.7. The van der Waals surface area contributed by atoms with Gasteiger partial charge in [0.25, 0.3) is 0 Å². The lowest BCUT2D eigenvalue weighted by atomic mass is 9.39. The standard InChI is InChI=1S/C30H38O9/c1-7-38-27(35)21(26(34)36-6)22-28(2,3)23(32)17-12-16-18(30(22,5)24(17)33)8-10-29(4)19(16)13-20(31)39-25(29)15-9-11-37-14-15/h9,11,14,17-18,21-23,25,32H,7-8,10,12-13H2,1-6H3/t17-,18-,21+,22-,23+,25-,29+,30+/m0/s1. The summed E-state index contributed by atoms with van der Waals surface area (Å²) in [6, 6.07) is 1.80. The fraction of sp³-hybridized carbons (Fsp3) is 0.667. The Morgan fingerprint density at radius 3 is 2.51 bits per heavy atom. The molecule has 0 aromatic carbocycles. The average molecular weight is 543 g/mol. The minimum Gasteiger partial charge on any atom is -0.472 e. The zero-order valence-electron chi connectivity index (χ0n) is 23.4. The summed E-state index contributed by atoms with van der Waals surface area (Å²) in [5.74, 6) is -5.38. The lowest BCUT2D eigenvalue weighted by Crippen LogP contribution is -2.68. The second kappa shape index (κ2) is 9.32. The number of esters is 3. The first-order chi connectivity index (χ1) is 18.3. The molecule has 39 heavy (non-hydrogen) atoms. The summed E-state index contributed by atoms with van der Waals surface area (Å²) < 4.78 is 21.6. The maximum atomic E-state index is 14.3. The van der Waals surface area contributed by atoms with Crippen LogP contribution in [0.4, 0.5) is 0 Å². The topological polar surface area (TPSA) is 129 Å². The number of carbonyl (C=O) groups excluding carboxylic acids is 4. The summed E-state index contributed by atoms with van der Waals surface area (Å²) >= 11 is 0. The Balaban J connectivity index is 1.71. The molecular formula is C30H38O9. The largest absolute Gasteiger partial charge is 0.472 e. The van der Waals surface area contributed by atoms with Gasteiger partial charge in [0.05, 0.1) is 38.8 Å². The molecule has 3 fully saturated rings. The minimum atomic E-state index is -1.39. The van der Waals surface area contributed by atoms with E-state index in [2.05, 4.69) is 6.92 Å². The normalized spacial score (nSPS) is 37.8. The van der Waals surface area contributed by atoms with E-state index >= 15 is 0 Å². The SMILES string of the molecule is CCOC(=O)[C@@H](C(=O)OC)[C@H]1C(C)(C)[C@H](O)[C@@H]2CC3=C4CC(=O)O[C@@H](c5ccoc5)[C@]4(C)CC[C@@H]3[C@@]1(C)C2=O. The highest BCUT2D eigenvalue weighted by atomic mass is 16.6. The Bertz CT molecular complexity index is 1230. The molecule has 0 spiro atoms. The van der Waals surface area contributed by atoms with Gasteiger partial charge in [-0.15, -0.1) is 0 Å². The van der Waals surface area contributed by atoms with Gasteiger partial charge >= 0.3 is 17.9 Å².